The van der Waals surface area contributed by atoms with E-state index in [1.165, 1.54) is 12.0 Å². The number of carbonyl (C=O) groups excluding carboxylic acids is 1. The van der Waals surface area contributed by atoms with Crippen molar-refractivity contribution in [1.29, 1.82) is 0 Å². The third kappa shape index (κ3) is 3.49. The molecule has 108 valence electrons. The molecule has 0 aromatic carbocycles. The van der Waals surface area contributed by atoms with Gasteiger partial charge in [-0.05, 0) is 29.5 Å². The Morgan fingerprint density at radius 2 is 2.20 bits per heavy atom. The smallest absolute Gasteiger partial charge is 0.373 e. The number of thiophene rings is 1. The monoisotopic (exact) mass is 293 g/mol. The SMILES string of the molecule is COC(=O)c1ccc(CNC(c2cccs2)C(C)C)o1. The molecule has 2 aromatic heterocycles. The van der Waals surface area contributed by atoms with Crippen molar-refractivity contribution in [3.8, 4) is 0 Å². The minimum Gasteiger partial charge on any atom is -0.463 e. The normalized spacial score (nSPS) is 12.6. The van der Waals surface area contributed by atoms with Crippen molar-refractivity contribution >= 4 is 17.3 Å². The molecule has 0 aliphatic rings. The molecule has 1 unspecified atom stereocenters. The number of hydrogen-bond acceptors (Lipinski definition) is 5. The summed E-state index contributed by atoms with van der Waals surface area (Å²) in [5.74, 6) is 0.993. The van der Waals surface area contributed by atoms with E-state index in [1.54, 1.807) is 23.5 Å². The van der Waals surface area contributed by atoms with Gasteiger partial charge in [-0.15, -0.1) is 11.3 Å². The Morgan fingerprint density at radius 1 is 1.40 bits per heavy atom. The van der Waals surface area contributed by atoms with E-state index in [-0.39, 0.29) is 11.8 Å². The Hall–Kier alpha value is -1.59. The van der Waals surface area contributed by atoms with E-state index in [2.05, 4.69) is 41.4 Å². The number of ether oxygens (including phenoxy) is 1. The van der Waals surface area contributed by atoms with Gasteiger partial charge in [0, 0.05) is 10.9 Å². The Morgan fingerprint density at radius 3 is 2.80 bits per heavy atom. The predicted molar refractivity (Wildman–Crippen MR) is 78.8 cm³/mol. The van der Waals surface area contributed by atoms with Crippen LogP contribution in [0.4, 0.5) is 0 Å². The van der Waals surface area contributed by atoms with Gasteiger partial charge in [0.2, 0.25) is 5.76 Å². The van der Waals surface area contributed by atoms with Gasteiger partial charge in [0.05, 0.1) is 13.7 Å². The molecule has 1 N–H and O–H groups in total. The summed E-state index contributed by atoms with van der Waals surface area (Å²) in [6, 6.07) is 7.90. The number of hydrogen-bond donors (Lipinski definition) is 1. The van der Waals surface area contributed by atoms with E-state index in [9.17, 15) is 4.79 Å². The number of furan rings is 1. The highest BCUT2D eigenvalue weighted by molar-refractivity contribution is 7.10. The third-order valence-corrected chi connectivity index (χ3v) is 4.02. The van der Waals surface area contributed by atoms with Crippen molar-refractivity contribution in [2.24, 2.45) is 5.92 Å². The van der Waals surface area contributed by atoms with Crippen LogP contribution < -0.4 is 5.32 Å². The standard InChI is InChI=1S/C15H19NO3S/c1-10(2)14(13-5-4-8-20-13)16-9-11-6-7-12(19-11)15(17)18-3/h4-8,10,14,16H,9H2,1-3H3. The zero-order valence-electron chi connectivity index (χ0n) is 11.9. The van der Waals surface area contributed by atoms with Gasteiger partial charge in [0.15, 0.2) is 0 Å². The quantitative estimate of drug-likeness (QED) is 0.827. The average Bonchev–Trinajstić information content (AvgIpc) is 3.09. The molecule has 2 aromatic rings. The lowest BCUT2D eigenvalue weighted by atomic mass is 10.0. The summed E-state index contributed by atoms with van der Waals surface area (Å²) in [6.45, 7) is 4.94. The summed E-state index contributed by atoms with van der Waals surface area (Å²) in [7, 11) is 1.34. The van der Waals surface area contributed by atoms with Crippen molar-refractivity contribution in [2.75, 3.05) is 7.11 Å². The van der Waals surface area contributed by atoms with Crippen LogP contribution in [-0.2, 0) is 11.3 Å². The number of nitrogens with one attached hydrogen (secondary N) is 1. The zero-order valence-corrected chi connectivity index (χ0v) is 12.7. The van der Waals surface area contributed by atoms with E-state index in [1.807, 2.05) is 0 Å². The van der Waals surface area contributed by atoms with Crippen LogP contribution in [0.1, 0.15) is 41.1 Å². The molecule has 0 spiro atoms. The molecule has 0 aliphatic heterocycles. The zero-order chi connectivity index (χ0) is 14.5. The highest BCUT2D eigenvalue weighted by atomic mass is 32.1. The van der Waals surface area contributed by atoms with E-state index < -0.39 is 5.97 Å². The average molecular weight is 293 g/mol. The summed E-state index contributed by atoms with van der Waals surface area (Å²) in [5, 5.41) is 5.55. The second-order valence-electron chi connectivity index (χ2n) is 4.88. The first-order valence-electron chi connectivity index (χ1n) is 6.55. The van der Waals surface area contributed by atoms with Crippen molar-refractivity contribution in [2.45, 2.75) is 26.4 Å². The fourth-order valence-electron chi connectivity index (χ4n) is 2.03. The van der Waals surface area contributed by atoms with Crippen molar-refractivity contribution in [1.82, 2.24) is 5.32 Å². The molecule has 0 bridgehead atoms. The Kier molecular flexibility index (Phi) is 4.98. The Bertz CT molecular complexity index is 545. The summed E-state index contributed by atoms with van der Waals surface area (Å²) in [4.78, 5) is 12.6. The van der Waals surface area contributed by atoms with Crippen LogP contribution in [0.15, 0.2) is 34.1 Å². The van der Waals surface area contributed by atoms with E-state index >= 15 is 0 Å². The van der Waals surface area contributed by atoms with Gasteiger partial charge in [0.1, 0.15) is 5.76 Å². The van der Waals surface area contributed by atoms with Crippen LogP contribution >= 0.6 is 11.3 Å². The number of methoxy groups -OCH3 is 1. The summed E-state index contributed by atoms with van der Waals surface area (Å²) in [5.41, 5.74) is 0. The maximum atomic E-state index is 11.3. The van der Waals surface area contributed by atoms with Crippen molar-refractivity contribution in [3.63, 3.8) is 0 Å². The summed E-state index contributed by atoms with van der Waals surface area (Å²) < 4.78 is 10.1. The first-order chi connectivity index (χ1) is 9.61. The molecule has 5 heteroatoms. The van der Waals surface area contributed by atoms with Crippen LogP contribution in [0, 0.1) is 5.92 Å². The van der Waals surface area contributed by atoms with Crippen LogP contribution in [0.5, 0.6) is 0 Å². The number of carbonyl (C=O) groups is 1. The number of rotatable bonds is 6. The first kappa shape index (κ1) is 14.8. The molecular formula is C15H19NO3S. The van der Waals surface area contributed by atoms with Gasteiger partial charge in [-0.3, -0.25) is 0 Å². The third-order valence-electron chi connectivity index (χ3n) is 3.06. The Labute approximate surface area is 122 Å². The molecule has 0 aliphatic carbocycles. The van der Waals surface area contributed by atoms with Crippen LogP contribution in [-0.4, -0.2) is 13.1 Å². The number of esters is 1. The molecule has 2 heterocycles. The Balaban J connectivity index is 1.99. The molecule has 2 rings (SSSR count). The van der Waals surface area contributed by atoms with E-state index in [4.69, 9.17) is 4.42 Å². The van der Waals surface area contributed by atoms with Crippen LogP contribution in [0.25, 0.3) is 0 Å². The van der Waals surface area contributed by atoms with Gasteiger partial charge in [-0.25, -0.2) is 4.79 Å². The summed E-state index contributed by atoms with van der Waals surface area (Å²) in [6.07, 6.45) is 0. The maximum absolute atomic E-state index is 11.3. The fourth-order valence-corrected chi connectivity index (χ4v) is 3.00. The van der Waals surface area contributed by atoms with Crippen LogP contribution in [0.3, 0.4) is 0 Å². The van der Waals surface area contributed by atoms with Crippen molar-refractivity contribution < 1.29 is 13.9 Å². The van der Waals surface area contributed by atoms with Gasteiger partial charge in [0.25, 0.3) is 0 Å². The molecule has 20 heavy (non-hydrogen) atoms. The highest BCUT2D eigenvalue weighted by Crippen LogP contribution is 2.26. The molecule has 0 amide bonds. The van der Waals surface area contributed by atoms with E-state index in [0.29, 0.717) is 12.5 Å². The van der Waals surface area contributed by atoms with E-state index in [0.717, 1.165) is 5.76 Å². The lowest BCUT2D eigenvalue weighted by molar-refractivity contribution is 0.0562. The van der Waals surface area contributed by atoms with Gasteiger partial charge >= 0.3 is 5.97 Å². The fraction of sp³-hybridized carbons (Fsp3) is 0.400. The topological polar surface area (TPSA) is 51.5 Å². The lowest BCUT2D eigenvalue weighted by Crippen LogP contribution is -2.24. The summed E-state index contributed by atoms with van der Waals surface area (Å²) >= 11 is 1.74. The molecule has 0 saturated carbocycles. The molecule has 0 saturated heterocycles. The van der Waals surface area contributed by atoms with Gasteiger partial charge in [-0.2, -0.15) is 0 Å². The molecule has 1 atom stereocenters. The minimum atomic E-state index is -0.449. The largest absolute Gasteiger partial charge is 0.463 e. The second kappa shape index (κ2) is 6.72. The molecule has 0 radical (unpaired) electrons. The minimum absolute atomic E-state index is 0.238. The molecular weight excluding hydrogens is 274 g/mol. The van der Waals surface area contributed by atoms with Gasteiger partial charge < -0.3 is 14.5 Å². The predicted octanol–water partition coefficient (Wildman–Crippen LogP) is 3.61. The highest BCUT2D eigenvalue weighted by Gasteiger charge is 2.17. The lowest BCUT2D eigenvalue weighted by Gasteiger charge is -2.20. The maximum Gasteiger partial charge on any atom is 0.373 e. The second-order valence-corrected chi connectivity index (χ2v) is 5.85. The first-order valence-corrected chi connectivity index (χ1v) is 7.43. The van der Waals surface area contributed by atoms with Crippen LogP contribution in [0.2, 0.25) is 0 Å². The molecule has 0 fully saturated rings. The van der Waals surface area contributed by atoms with Crippen molar-refractivity contribution in [3.05, 3.63) is 46.0 Å². The molecule has 4 nitrogen and oxygen atoms in total. The van der Waals surface area contributed by atoms with Gasteiger partial charge in [-0.1, -0.05) is 19.9 Å².